The van der Waals surface area contributed by atoms with Gasteiger partial charge < -0.3 is 9.84 Å². The molecule has 1 unspecified atom stereocenters. The highest BCUT2D eigenvalue weighted by molar-refractivity contribution is 7.98. The third-order valence-electron chi connectivity index (χ3n) is 7.02. The van der Waals surface area contributed by atoms with Gasteiger partial charge in [-0.25, -0.2) is 9.48 Å². The molecule has 0 radical (unpaired) electrons. The minimum absolute atomic E-state index is 0.00632. The zero-order chi connectivity index (χ0) is 26.5. The molecule has 1 fully saturated rings. The van der Waals surface area contributed by atoms with Crippen molar-refractivity contribution >= 4 is 45.9 Å². The molecule has 1 aromatic heterocycles. The average molecular weight is 525 g/mol. The molecule has 0 bridgehead atoms. The Morgan fingerprint density at radius 2 is 1.89 bits per heavy atom. The molecule has 5 rings (SSSR count). The van der Waals surface area contributed by atoms with Gasteiger partial charge in [-0.05, 0) is 89.6 Å². The monoisotopic (exact) mass is 524 g/mol. The average Bonchev–Trinajstić information content (AvgIpc) is 3.39. The molecule has 1 atom stereocenters. The van der Waals surface area contributed by atoms with Gasteiger partial charge in [0.1, 0.15) is 0 Å². The summed E-state index contributed by atoms with van der Waals surface area (Å²) < 4.78 is 8.03. The number of rotatable bonds is 8. The van der Waals surface area contributed by atoms with Crippen LogP contribution in [0.4, 0.5) is 0 Å². The largest absolute Gasteiger partial charge is 0.478 e. The van der Waals surface area contributed by atoms with E-state index in [9.17, 15) is 4.79 Å². The maximum absolute atomic E-state index is 11.0. The van der Waals surface area contributed by atoms with E-state index in [1.807, 2.05) is 23.0 Å². The molecule has 0 saturated carbocycles. The lowest BCUT2D eigenvalue weighted by Crippen LogP contribution is -2.18. The Bertz CT molecular complexity index is 1490. The summed E-state index contributed by atoms with van der Waals surface area (Å²) in [5.74, 6) is -0.955. The smallest absolute Gasteiger partial charge is 0.328 e. The van der Waals surface area contributed by atoms with Crippen LogP contribution in [-0.2, 0) is 9.53 Å². The predicted molar refractivity (Wildman–Crippen MR) is 156 cm³/mol. The van der Waals surface area contributed by atoms with Crippen molar-refractivity contribution < 1.29 is 14.6 Å². The number of hydrogen-bond acceptors (Lipinski definition) is 4. The van der Waals surface area contributed by atoms with Crippen molar-refractivity contribution in [3.63, 3.8) is 0 Å². The van der Waals surface area contributed by atoms with Gasteiger partial charge in [-0.2, -0.15) is 5.10 Å². The molecule has 1 N–H and O–H groups in total. The van der Waals surface area contributed by atoms with E-state index >= 15 is 0 Å². The van der Waals surface area contributed by atoms with Crippen LogP contribution in [0.1, 0.15) is 61.1 Å². The number of aliphatic carboxylic acids is 1. The number of carboxylic acids is 1. The molecule has 2 heterocycles. The minimum Gasteiger partial charge on any atom is -0.478 e. The Morgan fingerprint density at radius 3 is 2.61 bits per heavy atom. The fourth-order valence-electron chi connectivity index (χ4n) is 5.19. The highest BCUT2D eigenvalue weighted by Crippen LogP contribution is 2.39. The van der Waals surface area contributed by atoms with Gasteiger partial charge in [0, 0.05) is 23.0 Å². The molecule has 3 aromatic carbocycles. The predicted octanol–water partition coefficient (Wildman–Crippen LogP) is 7.92. The molecule has 6 heteroatoms. The molecule has 4 aromatic rings. The number of fused-ring (bicyclic) bond motifs is 1. The standard InChI is InChI=1S/C32H32N2O3S/c1-3-26(27-8-4-5-9-29(27)38-2)32(23-14-11-22(12-15-23)13-18-31(35)36)24-16-17-28-25(20-24)21-33-34(28)30-10-6-7-19-37-30/h4-5,8-9,11-18,20-21,30H,3,6-7,10,19H2,1-2H3,(H,35,36)/b18-13+,32-26+. The molecule has 1 saturated heterocycles. The van der Waals surface area contributed by atoms with Crippen molar-refractivity contribution in [1.29, 1.82) is 0 Å². The topological polar surface area (TPSA) is 64.3 Å². The first-order chi connectivity index (χ1) is 18.6. The van der Waals surface area contributed by atoms with Crippen LogP contribution >= 0.6 is 11.8 Å². The first kappa shape index (κ1) is 26.0. The van der Waals surface area contributed by atoms with E-state index < -0.39 is 5.97 Å². The van der Waals surface area contributed by atoms with Gasteiger partial charge in [-0.15, -0.1) is 11.8 Å². The van der Waals surface area contributed by atoms with Crippen molar-refractivity contribution in [2.24, 2.45) is 0 Å². The Morgan fingerprint density at radius 1 is 1.11 bits per heavy atom. The van der Waals surface area contributed by atoms with Crippen LogP contribution in [0.3, 0.4) is 0 Å². The zero-order valence-corrected chi connectivity index (χ0v) is 22.6. The van der Waals surface area contributed by atoms with E-state index in [1.54, 1.807) is 17.8 Å². The maximum atomic E-state index is 11.0. The van der Waals surface area contributed by atoms with Gasteiger partial charge in [-0.3, -0.25) is 0 Å². The highest BCUT2D eigenvalue weighted by atomic mass is 32.2. The van der Waals surface area contributed by atoms with Gasteiger partial charge in [0.15, 0.2) is 6.23 Å². The van der Waals surface area contributed by atoms with E-state index in [-0.39, 0.29) is 6.23 Å². The SMILES string of the molecule is CC/C(=C(/c1ccc(/C=C/C(=O)O)cc1)c1ccc2c(cnn2C2CCCCO2)c1)c1ccccc1SC. The summed E-state index contributed by atoms with van der Waals surface area (Å²) in [5.41, 5.74) is 7.82. The van der Waals surface area contributed by atoms with E-state index in [1.165, 1.54) is 27.7 Å². The van der Waals surface area contributed by atoms with Gasteiger partial charge in [0.2, 0.25) is 0 Å². The molecule has 194 valence electrons. The second-order valence-corrected chi connectivity index (χ2v) is 10.2. The quantitative estimate of drug-likeness (QED) is 0.144. The number of hydrogen-bond donors (Lipinski definition) is 1. The normalized spacial score (nSPS) is 16.6. The maximum Gasteiger partial charge on any atom is 0.328 e. The van der Waals surface area contributed by atoms with Crippen molar-refractivity contribution in [3.8, 4) is 0 Å². The number of carbonyl (C=O) groups is 1. The number of nitrogens with zero attached hydrogens (tertiary/aromatic N) is 2. The lowest BCUT2D eigenvalue weighted by molar-refractivity contribution is -0.131. The van der Waals surface area contributed by atoms with Crippen LogP contribution in [0.2, 0.25) is 0 Å². The summed E-state index contributed by atoms with van der Waals surface area (Å²) in [6.07, 6.45) is 10.9. The fraction of sp³-hybridized carbons (Fsp3) is 0.250. The number of ether oxygens (including phenoxy) is 1. The molecule has 0 spiro atoms. The number of aromatic nitrogens is 2. The molecule has 5 nitrogen and oxygen atoms in total. The van der Waals surface area contributed by atoms with Crippen molar-refractivity contribution in [1.82, 2.24) is 9.78 Å². The van der Waals surface area contributed by atoms with Crippen LogP contribution in [0.25, 0.3) is 28.1 Å². The van der Waals surface area contributed by atoms with Gasteiger partial charge >= 0.3 is 5.97 Å². The third-order valence-corrected chi connectivity index (χ3v) is 7.81. The molecule has 1 aliphatic heterocycles. The van der Waals surface area contributed by atoms with Crippen molar-refractivity contribution in [2.45, 2.75) is 43.7 Å². The van der Waals surface area contributed by atoms with Gasteiger partial charge in [-0.1, -0.05) is 55.5 Å². The molecule has 1 aliphatic rings. The second-order valence-electron chi connectivity index (χ2n) is 9.38. The van der Waals surface area contributed by atoms with E-state index in [0.717, 1.165) is 59.9 Å². The molecular formula is C32H32N2O3S. The highest BCUT2D eigenvalue weighted by Gasteiger charge is 2.20. The first-order valence-electron chi connectivity index (χ1n) is 13.1. The first-order valence-corrected chi connectivity index (χ1v) is 14.3. The summed E-state index contributed by atoms with van der Waals surface area (Å²) in [7, 11) is 0. The van der Waals surface area contributed by atoms with Crippen LogP contribution in [0.15, 0.2) is 83.9 Å². The summed E-state index contributed by atoms with van der Waals surface area (Å²) in [5, 5.41) is 14.8. The van der Waals surface area contributed by atoms with Crippen LogP contribution in [-0.4, -0.2) is 33.7 Å². The Balaban J connectivity index is 1.66. The number of allylic oxidation sites excluding steroid dienone is 1. The van der Waals surface area contributed by atoms with Crippen LogP contribution in [0, 0.1) is 0 Å². The molecule has 0 aliphatic carbocycles. The van der Waals surface area contributed by atoms with Crippen LogP contribution < -0.4 is 0 Å². The fourth-order valence-corrected chi connectivity index (χ4v) is 5.82. The number of carboxylic acid groups (broad SMARTS) is 1. The van der Waals surface area contributed by atoms with Crippen LogP contribution in [0.5, 0.6) is 0 Å². The molecule has 0 amide bonds. The van der Waals surface area contributed by atoms with E-state index in [0.29, 0.717) is 0 Å². The zero-order valence-electron chi connectivity index (χ0n) is 21.8. The number of thioether (sulfide) groups is 1. The third kappa shape index (κ3) is 5.47. The van der Waals surface area contributed by atoms with E-state index in [4.69, 9.17) is 14.9 Å². The number of benzene rings is 3. The Labute approximate surface area is 227 Å². The summed E-state index contributed by atoms with van der Waals surface area (Å²) in [6.45, 7) is 2.98. The van der Waals surface area contributed by atoms with Gasteiger partial charge in [0.05, 0.1) is 11.7 Å². The lowest BCUT2D eigenvalue weighted by atomic mass is 9.87. The Hall–Kier alpha value is -3.61. The summed E-state index contributed by atoms with van der Waals surface area (Å²) in [6, 6.07) is 23.2. The second kappa shape index (κ2) is 11.8. The summed E-state index contributed by atoms with van der Waals surface area (Å²) >= 11 is 1.75. The van der Waals surface area contributed by atoms with Crippen molar-refractivity contribution in [3.05, 3.63) is 101 Å². The van der Waals surface area contributed by atoms with Gasteiger partial charge in [0.25, 0.3) is 0 Å². The molecular weight excluding hydrogens is 492 g/mol. The summed E-state index contributed by atoms with van der Waals surface area (Å²) in [4.78, 5) is 12.2. The van der Waals surface area contributed by atoms with Crippen molar-refractivity contribution in [2.75, 3.05) is 12.9 Å². The minimum atomic E-state index is -0.955. The molecule has 38 heavy (non-hydrogen) atoms. The lowest BCUT2D eigenvalue weighted by Gasteiger charge is -2.23. The Kier molecular flexibility index (Phi) is 8.11. The van der Waals surface area contributed by atoms with E-state index in [2.05, 4.69) is 67.8 Å².